The Hall–Kier alpha value is 0.0748. The highest BCUT2D eigenvalue weighted by Crippen LogP contribution is 2.45. The first-order chi connectivity index (χ1) is 16.4. The number of hydrogen-bond donors (Lipinski definition) is 0. The smallest absolute Gasteiger partial charge is 0.293 e. The van der Waals surface area contributed by atoms with E-state index in [9.17, 15) is 0 Å². The van der Waals surface area contributed by atoms with E-state index in [0.717, 1.165) is 0 Å². The second kappa shape index (κ2) is 13.9. The van der Waals surface area contributed by atoms with E-state index in [2.05, 4.69) is 139 Å². The summed E-state index contributed by atoms with van der Waals surface area (Å²) in [5.41, 5.74) is 0. The van der Waals surface area contributed by atoms with Crippen molar-refractivity contribution in [2.75, 3.05) is 0 Å². The maximum Gasteiger partial charge on any atom is 0.293 e. The first-order valence-electron chi connectivity index (χ1n) is 15.7. The molecule has 0 amide bonds. The molecule has 1 aliphatic heterocycles. The van der Waals surface area contributed by atoms with Gasteiger partial charge in [-0.05, 0) is 71.1 Å². The van der Waals surface area contributed by atoms with Gasteiger partial charge in [0, 0.05) is 0 Å². The molecule has 1 fully saturated rings. The van der Waals surface area contributed by atoms with Gasteiger partial charge in [-0.3, -0.25) is 0 Å². The van der Waals surface area contributed by atoms with Crippen LogP contribution in [0.25, 0.3) is 0 Å². The minimum absolute atomic E-state index is 0.438. The van der Waals surface area contributed by atoms with Crippen molar-refractivity contribution < 1.29 is 0 Å². The summed E-state index contributed by atoms with van der Waals surface area (Å²) in [5.74, 6) is 5.52. The Morgan fingerprint density at radius 1 is 0.278 bits per heavy atom. The number of hydrogen-bond acceptors (Lipinski definition) is 3. The van der Waals surface area contributed by atoms with Gasteiger partial charge >= 0.3 is 0 Å². The largest absolute Gasteiger partial charge is 0.354 e. The van der Waals surface area contributed by atoms with Crippen molar-refractivity contribution >= 4 is 20.9 Å². The third kappa shape index (κ3) is 7.18. The van der Waals surface area contributed by atoms with Gasteiger partial charge < -0.3 is 14.2 Å². The van der Waals surface area contributed by atoms with E-state index in [4.69, 9.17) is 0 Å². The summed E-state index contributed by atoms with van der Waals surface area (Å²) in [6.45, 7) is 45.9. The Labute approximate surface area is 230 Å². The molecule has 1 heterocycles. The predicted molar refractivity (Wildman–Crippen MR) is 168 cm³/mol. The minimum Gasteiger partial charge on any atom is -0.354 e. The fourth-order valence-electron chi connectivity index (χ4n) is 6.07. The van der Waals surface area contributed by atoms with Crippen molar-refractivity contribution in [2.24, 2.45) is 35.5 Å². The fraction of sp³-hybridized carbons (Fsp3) is 1.00. The predicted octanol–water partition coefficient (Wildman–Crippen LogP) is 8.64. The quantitative estimate of drug-likeness (QED) is 0.248. The summed E-state index contributed by atoms with van der Waals surface area (Å²) < 4.78 is 9.09. The zero-order chi connectivity index (χ0) is 28.4. The van der Waals surface area contributed by atoms with Gasteiger partial charge in [-0.2, -0.15) is 0 Å². The monoisotopic (exact) mass is 502 g/mol. The van der Waals surface area contributed by atoms with Crippen molar-refractivity contribution in [1.29, 1.82) is 0 Å². The summed E-state index contributed by atoms with van der Waals surface area (Å²) >= 11 is 0. The molecular weight excluding hydrogens is 435 g/mol. The van der Waals surface area contributed by atoms with E-state index in [0.29, 0.717) is 92.0 Å². The standard InChI is InChI=1S/C30H66B3N3/c1-19(2)25(13)31-34(28(16)22(7)8)32(26(14)20(3)4)36(30(18)24(11)12)33(27(15)21(5)6)35(31)29(17)23(9)10/h19-30H,1-18H3. The van der Waals surface area contributed by atoms with Gasteiger partial charge in [0.15, 0.2) is 0 Å². The third-order valence-electron chi connectivity index (χ3n) is 10.7. The SMILES string of the molecule is CC(C)C(C)B1N(C(C)C(C)C)B(C(C)C(C)C)N(C(C)C(C)C)B(C(C)C(C)C)N1C(C)C(C)C. The van der Waals surface area contributed by atoms with E-state index in [1.807, 2.05) is 0 Å². The Morgan fingerprint density at radius 2 is 0.444 bits per heavy atom. The lowest BCUT2D eigenvalue weighted by molar-refractivity contribution is 0.231. The molecule has 0 aromatic carbocycles. The minimum atomic E-state index is 0.438. The molecule has 0 aromatic rings. The summed E-state index contributed by atoms with van der Waals surface area (Å²) in [7, 11) is 0. The Kier molecular flexibility index (Phi) is 13.2. The molecule has 1 rings (SSSR count). The molecule has 0 radical (unpaired) electrons. The van der Waals surface area contributed by atoms with Crippen molar-refractivity contribution in [1.82, 2.24) is 14.2 Å². The summed E-state index contributed by atoms with van der Waals surface area (Å²) in [6.07, 6.45) is 0. The zero-order valence-corrected chi connectivity index (χ0v) is 28.0. The second-order valence-corrected chi connectivity index (χ2v) is 14.8. The molecule has 210 valence electrons. The lowest BCUT2D eigenvalue weighted by Crippen LogP contribution is -2.84. The molecule has 36 heavy (non-hydrogen) atoms. The van der Waals surface area contributed by atoms with Crippen LogP contribution in [0, 0.1) is 35.5 Å². The van der Waals surface area contributed by atoms with Crippen LogP contribution in [0.15, 0.2) is 0 Å². The van der Waals surface area contributed by atoms with Gasteiger partial charge in [-0.25, -0.2) is 0 Å². The van der Waals surface area contributed by atoms with Crippen LogP contribution < -0.4 is 0 Å². The topological polar surface area (TPSA) is 9.72 Å². The van der Waals surface area contributed by atoms with Crippen LogP contribution in [-0.4, -0.2) is 53.2 Å². The van der Waals surface area contributed by atoms with Gasteiger partial charge in [0.05, 0.1) is 0 Å². The Morgan fingerprint density at radius 3 is 0.556 bits per heavy atom. The van der Waals surface area contributed by atoms with Crippen LogP contribution in [0.2, 0.25) is 17.5 Å². The van der Waals surface area contributed by atoms with E-state index < -0.39 is 0 Å². The van der Waals surface area contributed by atoms with Crippen LogP contribution in [0.1, 0.15) is 125 Å². The molecule has 0 aromatic heterocycles. The molecule has 6 unspecified atom stereocenters. The second-order valence-electron chi connectivity index (χ2n) is 14.8. The van der Waals surface area contributed by atoms with Crippen LogP contribution >= 0.6 is 0 Å². The van der Waals surface area contributed by atoms with Gasteiger partial charge in [0.2, 0.25) is 0 Å². The molecule has 1 saturated heterocycles. The molecule has 0 N–H and O–H groups in total. The normalized spacial score (nSPS) is 22.5. The van der Waals surface area contributed by atoms with Crippen molar-refractivity contribution in [3.63, 3.8) is 0 Å². The van der Waals surface area contributed by atoms with E-state index in [1.54, 1.807) is 0 Å². The average Bonchev–Trinajstić information content (AvgIpc) is 2.78. The van der Waals surface area contributed by atoms with Crippen molar-refractivity contribution in [3.05, 3.63) is 0 Å². The van der Waals surface area contributed by atoms with Gasteiger partial charge in [-0.1, -0.05) is 125 Å². The highest BCUT2D eigenvalue weighted by atomic mass is 15.4. The number of rotatable bonds is 12. The molecule has 6 heteroatoms. The Bertz CT molecular complexity index is 487. The lowest BCUT2D eigenvalue weighted by atomic mass is 9.30. The van der Waals surface area contributed by atoms with Crippen LogP contribution in [0.3, 0.4) is 0 Å². The summed E-state index contributed by atoms with van der Waals surface area (Å²) in [5, 5.41) is 0. The van der Waals surface area contributed by atoms with Crippen molar-refractivity contribution in [3.8, 4) is 0 Å². The molecule has 0 spiro atoms. The van der Waals surface area contributed by atoms with E-state index >= 15 is 0 Å². The average molecular weight is 501 g/mol. The van der Waals surface area contributed by atoms with E-state index in [-0.39, 0.29) is 0 Å². The Balaban J connectivity index is 4.18. The van der Waals surface area contributed by atoms with Crippen LogP contribution in [0.5, 0.6) is 0 Å². The first-order valence-corrected chi connectivity index (χ1v) is 15.7. The van der Waals surface area contributed by atoms with Crippen LogP contribution in [0.4, 0.5) is 0 Å². The maximum absolute atomic E-state index is 3.03. The lowest BCUT2D eigenvalue weighted by Gasteiger charge is -2.64. The molecule has 1 aliphatic rings. The summed E-state index contributed by atoms with van der Waals surface area (Å²) in [4.78, 5) is 0. The third-order valence-corrected chi connectivity index (χ3v) is 10.7. The fourth-order valence-corrected chi connectivity index (χ4v) is 6.07. The van der Waals surface area contributed by atoms with Gasteiger partial charge in [0.1, 0.15) is 0 Å². The van der Waals surface area contributed by atoms with Crippen LogP contribution in [-0.2, 0) is 0 Å². The highest BCUT2D eigenvalue weighted by molar-refractivity contribution is 6.87. The number of nitrogens with zero attached hydrogens (tertiary/aromatic N) is 3. The molecule has 3 nitrogen and oxygen atoms in total. The summed E-state index contributed by atoms with van der Waals surface area (Å²) in [6, 6.07) is 1.55. The maximum atomic E-state index is 3.03. The molecule has 0 bridgehead atoms. The molecular formula is C30H66B3N3. The highest BCUT2D eigenvalue weighted by Gasteiger charge is 2.60. The zero-order valence-electron chi connectivity index (χ0n) is 28.0. The molecule has 6 atom stereocenters. The molecule has 0 aliphatic carbocycles. The van der Waals surface area contributed by atoms with Crippen molar-refractivity contribution in [2.45, 2.75) is 160 Å². The molecule has 0 saturated carbocycles. The first kappa shape index (κ1) is 34.1. The van der Waals surface area contributed by atoms with Gasteiger partial charge in [0.25, 0.3) is 20.9 Å². The van der Waals surface area contributed by atoms with Gasteiger partial charge in [-0.15, -0.1) is 0 Å². The van der Waals surface area contributed by atoms with E-state index in [1.165, 1.54) is 0 Å².